The Kier molecular flexibility index (Phi) is 3.42. The van der Waals surface area contributed by atoms with E-state index in [-0.39, 0.29) is 12.3 Å². The summed E-state index contributed by atoms with van der Waals surface area (Å²) in [6, 6.07) is 13.9. The number of pyridine rings is 1. The summed E-state index contributed by atoms with van der Waals surface area (Å²) >= 11 is 0. The molecular formula is C20H18N4O. The number of primary amides is 1. The van der Waals surface area contributed by atoms with Crippen LogP contribution in [0.2, 0.25) is 0 Å². The first-order valence-corrected chi connectivity index (χ1v) is 8.06. The number of hydrogen-bond donors (Lipinski definition) is 3. The number of aromatic amines is 1. The van der Waals surface area contributed by atoms with Crippen LogP contribution in [0.4, 0.5) is 5.69 Å². The van der Waals surface area contributed by atoms with Gasteiger partial charge in [0.2, 0.25) is 5.91 Å². The lowest BCUT2D eigenvalue weighted by Crippen LogP contribution is -2.14. The Hall–Kier alpha value is -3.34. The van der Waals surface area contributed by atoms with Crippen molar-refractivity contribution in [1.82, 2.24) is 9.97 Å². The van der Waals surface area contributed by atoms with E-state index in [4.69, 9.17) is 11.5 Å². The molecule has 0 saturated heterocycles. The van der Waals surface area contributed by atoms with Crippen LogP contribution in [0.5, 0.6) is 0 Å². The molecular weight excluding hydrogens is 312 g/mol. The Balaban J connectivity index is 2.02. The van der Waals surface area contributed by atoms with Gasteiger partial charge >= 0.3 is 0 Å². The molecule has 0 saturated carbocycles. The van der Waals surface area contributed by atoms with Crippen LogP contribution in [0, 0.1) is 6.92 Å². The zero-order chi connectivity index (χ0) is 17.6. The summed E-state index contributed by atoms with van der Waals surface area (Å²) in [4.78, 5) is 19.3. The van der Waals surface area contributed by atoms with Crippen molar-refractivity contribution in [2.75, 3.05) is 5.73 Å². The summed E-state index contributed by atoms with van der Waals surface area (Å²) in [7, 11) is 0. The number of nitrogens with one attached hydrogen (secondary N) is 1. The number of rotatable bonds is 3. The van der Waals surface area contributed by atoms with Gasteiger partial charge in [0, 0.05) is 39.4 Å². The van der Waals surface area contributed by atoms with E-state index in [0.29, 0.717) is 5.69 Å². The normalized spacial score (nSPS) is 11.2. The van der Waals surface area contributed by atoms with Crippen molar-refractivity contribution in [2.45, 2.75) is 13.3 Å². The lowest BCUT2D eigenvalue weighted by Gasteiger charge is -2.07. The summed E-state index contributed by atoms with van der Waals surface area (Å²) in [5.41, 5.74) is 17.8. The van der Waals surface area contributed by atoms with Gasteiger partial charge in [0.05, 0.1) is 11.9 Å². The van der Waals surface area contributed by atoms with E-state index in [1.807, 2.05) is 49.5 Å². The molecule has 0 unspecified atom stereocenters. The average Bonchev–Trinajstić information content (AvgIpc) is 2.93. The second-order valence-corrected chi connectivity index (χ2v) is 6.32. The number of nitrogen functional groups attached to an aromatic ring is 1. The van der Waals surface area contributed by atoms with E-state index in [0.717, 1.165) is 44.2 Å². The van der Waals surface area contributed by atoms with Crippen molar-refractivity contribution >= 4 is 33.4 Å². The molecule has 0 aliphatic rings. The molecule has 0 radical (unpaired) electrons. The van der Waals surface area contributed by atoms with Crippen LogP contribution in [-0.4, -0.2) is 15.9 Å². The van der Waals surface area contributed by atoms with Gasteiger partial charge in [0.15, 0.2) is 0 Å². The molecule has 2 aromatic heterocycles. The molecule has 1 amide bonds. The molecule has 25 heavy (non-hydrogen) atoms. The quantitative estimate of drug-likeness (QED) is 0.503. The Labute approximate surface area is 144 Å². The van der Waals surface area contributed by atoms with Gasteiger partial charge in [0.25, 0.3) is 0 Å². The molecule has 2 aromatic carbocycles. The van der Waals surface area contributed by atoms with E-state index >= 15 is 0 Å². The molecule has 0 bridgehead atoms. The second kappa shape index (κ2) is 5.63. The molecule has 0 spiro atoms. The Bertz CT molecular complexity index is 1110. The molecule has 0 atom stereocenters. The van der Waals surface area contributed by atoms with Gasteiger partial charge in [0.1, 0.15) is 0 Å². The van der Waals surface area contributed by atoms with Crippen molar-refractivity contribution in [3.05, 3.63) is 59.9 Å². The molecule has 5 nitrogen and oxygen atoms in total. The number of fused-ring (bicyclic) bond motifs is 3. The maximum atomic E-state index is 11.6. The van der Waals surface area contributed by atoms with Gasteiger partial charge in [-0.2, -0.15) is 0 Å². The van der Waals surface area contributed by atoms with Crippen molar-refractivity contribution in [1.29, 1.82) is 0 Å². The summed E-state index contributed by atoms with van der Waals surface area (Å²) in [6.45, 7) is 1.95. The topological polar surface area (TPSA) is 97.8 Å². The number of aromatic nitrogens is 2. The molecule has 0 aliphatic carbocycles. The van der Waals surface area contributed by atoms with Crippen molar-refractivity contribution in [3.8, 4) is 11.1 Å². The average molecular weight is 330 g/mol. The standard InChI is InChI=1S/C20H18N4O/c1-11-2-3-12(10-23-11)13-6-14(8-19(22)25)20-17(7-13)16-5-4-15(21)9-18(16)24-20/h2-7,9-10,24H,8,21H2,1H3,(H2,22,25). The van der Waals surface area contributed by atoms with E-state index in [2.05, 4.69) is 16.0 Å². The van der Waals surface area contributed by atoms with Crippen LogP contribution in [0.3, 0.4) is 0 Å². The van der Waals surface area contributed by atoms with Gasteiger partial charge in [-0.05, 0) is 48.4 Å². The lowest BCUT2D eigenvalue weighted by atomic mass is 9.98. The maximum Gasteiger partial charge on any atom is 0.221 e. The van der Waals surface area contributed by atoms with Crippen LogP contribution in [-0.2, 0) is 11.2 Å². The number of aryl methyl sites for hydroxylation is 1. The van der Waals surface area contributed by atoms with Crippen molar-refractivity contribution in [3.63, 3.8) is 0 Å². The van der Waals surface area contributed by atoms with E-state index in [1.54, 1.807) is 0 Å². The first-order valence-electron chi connectivity index (χ1n) is 8.06. The van der Waals surface area contributed by atoms with Gasteiger partial charge in [-0.1, -0.05) is 12.1 Å². The SMILES string of the molecule is Cc1ccc(-c2cc(CC(N)=O)c3[nH]c4cc(N)ccc4c3c2)cn1. The first-order chi connectivity index (χ1) is 12.0. The van der Waals surface area contributed by atoms with Gasteiger partial charge in [-0.25, -0.2) is 0 Å². The zero-order valence-electron chi connectivity index (χ0n) is 13.8. The molecule has 0 aliphatic heterocycles. The molecule has 5 heteroatoms. The number of H-pyrrole nitrogens is 1. The number of nitrogens with two attached hydrogens (primary N) is 2. The molecule has 4 aromatic rings. The largest absolute Gasteiger partial charge is 0.399 e. The molecule has 124 valence electrons. The van der Waals surface area contributed by atoms with Gasteiger partial charge in [-0.3, -0.25) is 9.78 Å². The van der Waals surface area contributed by atoms with E-state index in [1.165, 1.54) is 0 Å². The fraction of sp³-hybridized carbons (Fsp3) is 0.100. The lowest BCUT2D eigenvalue weighted by molar-refractivity contribution is -0.117. The number of carbonyl (C=O) groups is 1. The smallest absolute Gasteiger partial charge is 0.221 e. The highest BCUT2D eigenvalue weighted by molar-refractivity contribution is 6.10. The fourth-order valence-corrected chi connectivity index (χ4v) is 3.23. The third-order valence-corrected chi connectivity index (χ3v) is 4.42. The molecule has 4 rings (SSSR count). The van der Waals surface area contributed by atoms with Crippen LogP contribution in [0.25, 0.3) is 32.9 Å². The summed E-state index contributed by atoms with van der Waals surface area (Å²) < 4.78 is 0. The predicted octanol–water partition coefficient (Wildman–Crippen LogP) is 3.30. The summed E-state index contributed by atoms with van der Waals surface area (Å²) in [5, 5.41) is 2.11. The fourth-order valence-electron chi connectivity index (χ4n) is 3.23. The van der Waals surface area contributed by atoms with E-state index in [9.17, 15) is 4.79 Å². The summed E-state index contributed by atoms with van der Waals surface area (Å²) in [6.07, 6.45) is 2.02. The molecule has 2 heterocycles. The Morgan fingerprint density at radius 1 is 1.08 bits per heavy atom. The monoisotopic (exact) mass is 330 g/mol. The molecule has 5 N–H and O–H groups in total. The minimum atomic E-state index is -0.362. The summed E-state index contributed by atoms with van der Waals surface area (Å²) in [5.74, 6) is -0.362. The third kappa shape index (κ3) is 2.70. The number of amides is 1. The highest BCUT2D eigenvalue weighted by Gasteiger charge is 2.13. The van der Waals surface area contributed by atoms with Crippen molar-refractivity contribution < 1.29 is 4.79 Å². The first kappa shape index (κ1) is 15.2. The number of nitrogens with zero attached hydrogens (tertiary/aromatic N) is 1. The van der Waals surface area contributed by atoms with Crippen LogP contribution in [0.15, 0.2) is 48.7 Å². The minimum absolute atomic E-state index is 0.173. The number of benzene rings is 2. The van der Waals surface area contributed by atoms with Crippen LogP contribution in [0.1, 0.15) is 11.3 Å². The Morgan fingerprint density at radius 2 is 1.92 bits per heavy atom. The van der Waals surface area contributed by atoms with Crippen LogP contribution < -0.4 is 11.5 Å². The number of carbonyl (C=O) groups excluding carboxylic acids is 1. The zero-order valence-corrected chi connectivity index (χ0v) is 13.8. The Morgan fingerprint density at radius 3 is 2.64 bits per heavy atom. The number of hydrogen-bond acceptors (Lipinski definition) is 3. The highest BCUT2D eigenvalue weighted by Crippen LogP contribution is 2.33. The predicted molar refractivity (Wildman–Crippen MR) is 101 cm³/mol. The van der Waals surface area contributed by atoms with Gasteiger partial charge < -0.3 is 16.5 Å². The van der Waals surface area contributed by atoms with Crippen molar-refractivity contribution in [2.24, 2.45) is 5.73 Å². The van der Waals surface area contributed by atoms with E-state index < -0.39 is 0 Å². The molecule has 0 fully saturated rings. The number of anilines is 1. The van der Waals surface area contributed by atoms with Crippen LogP contribution >= 0.6 is 0 Å². The maximum absolute atomic E-state index is 11.6. The second-order valence-electron chi connectivity index (χ2n) is 6.32. The minimum Gasteiger partial charge on any atom is -0.399 e. The van der Waals surface area contributed by atoms with Gasteiger partial charge in [-0.15, -0.1) is 0 Å². The third-order valence-electron chi connectivity index (χ3n) is 4.42. The highest BCUT2D eigenvalue weighted by atomic mass is 16.1.